The quantitative estimate of drug-likeness (QED) is 0.388. The first-order valence-electron chi connectivity index (χ1n) is 9.20. The van der Waals surface area contributed by atoms with Gasteiger partial charge >= 0.3 is 0 Å². The molecule has 0 aliphatic rings. The van der Waals surface area contributed by atoms with Crippen molar-refractivity contribution >= 4 is 17.5 Å². The number of nitrogen functional groups attached to an aromatic ring is 1. The van der Waals surface area contributed by atoms with Crippen LogP contribution in [0.5, 0.6) is 17.2 Å². The highest BCUT2D eigenvalue weighted by atomic mass is 16.5. The summed E-state index contributed by atoms with van der Waals surface area (Å²) in [6, 6.07) is 21.2. The topological polar surface area (TPSA) is 114 Å². The summed E-state index contributed by atoms with van der Waals surface area (Å²) in [6.07, 6.45) is 0. The van der Waals surface area contributed by atoms with Gasteiger partial charge in [-0.05, 0) is 59.7 Å². The van der Waals surface area contributed by atoms with Crippen LogP contribution < -0.4 is 15.8 Å². The predicted octanol–water partition coefficient (Wildman–Crippen LogP) is 4.56. The van der Waals surface area contributed by atoms with Crippen molar-refractivity contribution in [1.82, 2.24) is 9.97 Å². The number of nitrogens with two attached hydrogens (primary N) is 1. The summed E-state index contributed by atoms with van der Waals surface area (Å²) < 4.78 is 5.17. The highest BCUT2D eigenvalue weighted by molar-refractivity contribution is 5.77. The minimum Gasteiger partial charge on any atom is -0.508 e. The maximum absolute atomic E-state index is 10.4. The number of phenols is 2. The van der Waals surface area contributed by atoms with Crippen molar-refractivity contribution < 1.29 is 14.9 Å². The van der Waals surface area contributed by atoms with Gasteiger partial charge in [0.1, 0.15) is 23.1 Å². The molecule has 5 N–H and O–H groups in total. The first-order valence-corrected chi connectivity index (χ1v) is 9.20. The summed E-state index contributed by atoms with van der Waals surface area (Å²) in [5, 5.41) is 23.1. The predicted molar refractivity (Wildman–Crippen MR) is 117 cm³/mol. The van der Waals surface area contributed by atoms with E-state index in [9.17, 15) is 10.2 Å². The van der Waals surface area contributed by atoms with Crippen LogP contribution in [0.15, 0.2) is 72.8 Å². The summed E-state index contributed by atoms with van der Waals surface area (Å²) >= 11 is 0. The Labute approximate surface area is 173 Å². The first kappa shape index (κ1) is 19.1. The van der Waals surface area contributed by atoms with E-state index in [1.54, 1.807) is 49.6 Å². The highest BCUT2D eigenvalue weighted by Crippen LogP contribution is 2.34. The van der Waals surface area contributed by atoms with Crippen LogP contribution in [-0.2, 0) is 0 Å². The van der Waals surface area contributed by atoms with Crippen molar-refractivity contribution in [2.45, 2.75) is 0 Å². The number of rotatable bonds is 5. The fourth-order valence-corrected chi connectivity index (χ4v) is 3.06. The largest absolute Gasteiger partial charge is 0.508 e. The fraction of sp³-hybridized carbons (Fsp3) is 0.0435. The van der Waals surface area contributed by atoms with Gasteiger partial charge < -0.3 is 26.0 Å². The number of hydrogen-bond acceptors (Lipinski definition) is 7. The van der Waals surface area contributed by atoms with Gasteiger partial charge in [-0.2, -0.15) is 4.98 Å². The van der Waals surface area contributed by atoms with Gasteiger partial charge in [0.25, 0.3) is 0 Å². The molecule has 0 atom stereocenters. The molecule has 7 heteroatoms. The fourth-order valence-electron chi connectivity index (χ4n) is 3.06. The number of nitrogens with zero attached hydrogens (tertiary/aromatic N) is 2. The summed E-state index contributed by atoms with van der Waals surface area (Å²) in [5.41, 5.74) is 9.49. The second-order valence-corrected chi connectivity index (χ2v) is 6.63. The third-order valence-electron chi connectivity index (χ3n) is 4.58. The number of benzene rings is 3. The molecule has 0 saturated heterocycles. The molecule has 0 radical (unpaired) electrons. The van der Waals surface area contributed by atoms with Crippen LogP contribution in [-0.4, -0.2) is 27.3 Å². The molecular formula is C23H20N4O3. The van der Waals surface area contributed by atoms with Crippen molar-refractivity contribution in [3.05, 3.63) is 72.8 Å². The molecule has 0 spiro atoms. The molecule has 4 rings (SSSR count). The number of ether oxygens (including phenoxy) is 1. The number of anilines is 3. The van der Waals surface area contributed by atoms with Crippen molar-refractivity contribution in [2.24, 2.45) is 0 Å². The summed E-state index contributed by atoms with van der Waals surface area (Å²) in [4.78, 5) is 8.52. The van der Waals surface area contributed by atoms with E-state index < -0.39 is 0 Å². The lowest BCUT2D eigenvalue weighted by atomic mass is 10.0. The minimum atomic E-state index is 0.0750. The molecule has 3 aromatic carbocycles. The van der Waals surface area contributed by atoms with Crippen LogP contribution in [0, 0.1) is 0 Å². The molecule has 0 aliphatic carbocycles. The summed E-state index contributed by atoms with van der Waals surface area (Å²) in [6.45, 7) is 0. The lowest BCUT2D eigenvalue weighted by Gasteiger charge is -2.11. The normalized spacial score (nSPS) is 10.6. The number of phenolic OH excluding ortho intramolecular Hbond substituents is 2. The molecule has 0 unspecified atom stereocenters. The molecule has 150 valence electrons. The molecule has 7 nitrogen and oxygen atoms in total. The SMILES string of the molecule is COc1ccc(Nc2cc(-c3cc(-c4ccc(O)cc4)ccc3O)nc(N)n2)cc1. The zero-order chi connectivity index (χ0) is 21.1. The number of nitrogens with one attached hydrogen (secondary N) is 1. The number of aromatic hydroxyl groups is 2. The van der Waals surface area contributed by atoms with Gasteiger partial charge in [0.05, 0.1) is 12.8 Å². The molecule has 0 bridgehead atoms. The van der Waals surface area contributed by atoms with Crippen LogP contribution >= 0.6 is 0 Å². The second-order valence-electron chi connectivity index (χ2n) is 6.63. The van der Waals surface area contributed by atoms with E-state index in [1.807, 2.05) is 30.3 Å². The Balaban J connectivity index is 1.69. The lowest BCUT2D eigenvalue weighted by molar-refractivity contribution is 0.415. The Kier molecular flexibility index (Phi) is 5.09. The third kappa shape index (κ3) is 4.10. The molecule has 0 saturated carbocycles. The van der Waals surface area contributed by atoms with Crippen molar-refractivity contribution in [3.63, 3.8) is 0 Å². The monoisotopic (exact) mass is 400 g/mol. The minimum absolute atomic E-state index is 0.0750. The third-order valence-corrected chi connectivity index (χ3v) is 4.58. The Morgan fingerprint density at radius 1 is 0.833 bits per heavy atom. The van der Waals surface area contributed by atoms with Crippen LogP contribution in [0.2, 0.25) is 0 Å². The maximum Gasteiger partial charge on any atom is 0.222 e. The van der Waals surface area contributed by atoms with Gasteiger partial charge in [-0.15, -0.1) is 0 Å². The van der Waals surface area contributed by atoms with E-state index in [4.69, 9.17) is 10.5 Å². The van der Waals surface area contributed by atoms with Crippen LogP contribution in [0.1, 0.15) is 0 Å². The molecule has 0 aliphatic heterocycles. The van der Waals surface area contributed by atoms with Gasteiger partial charge in [0, 0.05) is 17.3 Å². The van der Waals surface area contributed by atoms with Crippen LogP contribution in [0.3, 0.4) is 0 Å². The first-order chi connectivity index (χ1) is 14.5. The van der Waals surface area contributed by atoms with Crippen LogP contribution in [0.25, 0.3) is 22.4 Å². The molecule has 0 fully saturated rings. The van der Waals surface area contributed by atoms with Gasteiger partial charge in [0.2, 0.25) is 5.95 Å². The molecule has 1 aromatic heterocycles. The Morgan fingerprint density at radius 3 is 2.23 bits per heavy atom. The highest BCUT2D eigenvalue weighted by Gasteiger charge is 2.12. The van der Waals surface area contributed by atoms with E-state index in [0.29, 0.717) is 17.1 Å². The Hall–Kier alpha value is -4.26. The summed E-state index contributed by atoms with van der Waals surface area (Å²) in [5.74, 6) is 1.59. The Morgan fingerprint density at radius 2 is 1.53 bits per heavy atom. The lowest BCUT2D eigenvalue weighted by Crippen LogP contribution is -2.01. The zero-order valence-corrected chi connectivity index (χ0v) is 16.2. The van der Waals surface area contributed by atoms with Crippen LogP contribution in [0.4, 0.5) is 17.5 Å². The zero-order valence-electron chi connectivity index (χ0n) is 16.2. The van der Waals surface area contributed by atoms with E-state index >= 15 is 0 Å². The number of aromatic nitrogens is 2. The molecular weight excluding hydrogens is 380 g/mol. The van der Waals surface area contributed by atoms with E-state index in [2.05, 4.69) is 15.3 Å². The van der Waals surface area contributed by atoms with Gasteiger partial charge in [0.15, 0.2) is 0 Å². The molecule has 0 amide bonds. The van der Waals surface area contributed by atoms with E-state index in [0.717, 1.165) is 22.6 Å². The standard InChI is InChI=1S/C23H20N4O3/c1-30-18-9-5-16(6-10-18)25-22-13-20(26-23(24)27-22)19-12-15(4-11-21(19)29)14-2-7-17(28)8-3-14/h2-13,28-29H,1H3,(H3,24,25,26,27). The second kappa shape index (κ2) is 8.00. The smallest absolute Gasteiger partial charge is 0.222 e. The average Bonchev–Trinajstić information content (AvgIpc) is 2.75. The van der Waals surface area contributed by atoms with E-state index in [1.165, 1.54) is 0 Å². The van der Waals surface area contributed by atoms with Crippen molar-refractivity contribution in [2.75, 3.05) is 18.2 Å². The van der Waals surface area contributed by atoms with Gasteiger partial charge in [-0.1, -0.05) is 18.2 Å². The molecule has 1 heterocycles. The van der Waals surface area contributed by atoms with Gasteiger partial charge in [-0.25, -0.2) is 4.98 Å². The summed E-state index contributed by atoms with van der Waals surface area (Å²) in [7, 11) is 1.61. The average molecular weight is 400 g/mol. The van der Waals surface area contributed by atoms with Crippen molar-refractivity contribution in [3.8, 4) is 39.6 Å². The maximum atomic E-state index is 10.4. The van der Waals surface area contributed by atoms with E-state index in [-0.39, 0.29) is 17.4 Å². The molecule has 30 heavy (non-hydrogen) atoms. The Bertz CT molecular complexity index is 1180. The van der Waals surface area contributed by atoms with Gasteiger partial charge in [-0.3, -0.25) is 0 Å². The molecule has 4 aromatic rings. The number of methoxy groups -OCH3 is 1. The van der Waals surface area contributed by atoms with Crippen molar-refractivity contribution in [1.29, 1.82) is 0 Å². The number of hydrogen-bond donors (Lipinski definition) is 4.